The third kappa shape index (κ3) is 14.4. The summed E-state index contributed by atoms with van der Waals surface area (Å²) in [6, 6.07) is 14.9. The molecule has 1 unspecified atom stereocenters. The van der Waals surface area contributed by atoms with Gasteiger partial charge in [-0.2, -0.15) is 13.2 Å². The third-order valence-corrected chi connectivity index (χ3v) is 11.1. The van der Waals surface area contributed by atoms with Crippen LogP contribution in [0.15, 0.2) is 72.8 Å². The highest BCUT2D eigenvalue weighted by molar-refractivity contribution is 6.20. The van der Waals surface area contributed by atoms with Crippen molar-refractivity contribution >= 4 is 81.2 Å². The molecule has 6 N–H and O–H groups in total. The van der Waals surface area contributed by atoms with Crippen LogP contribution in [-0.2, 0) is 33.6 Å². The number of methoxy groups -OCH3 is 1. The Kier molecular flexibility index (Phi) is 19.1. The van der Waals surface area contributed by atoms with E-state index in [9.17, 15) is 41.9 Å². The zero-order chi connectivity index (χ0) is 47.8. The minimum absolute atomic E-state index is 0.139. The molecule has 0 spiro atoms. The van der Waals surface area contributed by atoms with Crippen LogP contribution in [0.3, 0.4) is 0 Å². The number of carboxylic acid groups (broad SMARTS) is 1. The maximum Gasteiger partial charge on any atom is 0.490 e. The molecular formula is C46H54ClF3N6O9. The summed E-state index contributed by atoms with van der Waals surface area (Å²) in [7, 11) is 1.59. The number of anilines is 2. The van der Waals surface area contributed by atoms with Gasteiger partial charge in [0.15, 0.2) is 0 Å². The SMILES string of the molecule is COc1ccc(/C=C/C(=O)N2CC(CCl)c3c2cc(NC(=O)[C@H](CCCCN)NC(=O)[C@@H](NC(=O)CCCCCN2C(=O)C=CC2=O)C(C)C)c2ccccc32)cc1.O=C(O)C(F)(F)F. The summed E-state index contributed by atoms with van der Waals surface area (Å²) in [6.45, 7) is 4.70. The normalized spacial score (nSPS) is 15.4. The lowest BCUT2D eigenvalue weighted by molar-refractivity contribution is -0.192. The van der Waals surface area contributed by atoms with Gasteiger partial charge in [0.05, 0.1) is 18.5 Å². The number of aliphatic carboxylic acids is 1. The fourth-order valence-corrected chi connectivity index (χ4v) is 7.52. The lowest BCUT2D eigenvalue weighted by atomic mass is 9.94. The van der Waals surface area contributed by atoms with Crippen LogP contribution >= 0.6 is 11.6 Å². The van der Waals surface area contributed by atoms with Gasteiger partial charge in [0.1, 0.15) is 17.8 Å². The molecule has 3 aromatic rings. The van der Waals surface area contributed by atoms with Gasteiger partial charge in [-0.3, -0.25) is 33.7 Å². The molecule has 65 heavy (non-hydrogen) atoms. The molecule has 350 valence electrons. The Morgan fingerprint density at radius 1 is 0.923 bits per heavy atom. The smallest absolute Gasteiger partial charge is 0.490 e. The Morgan fingerprint density at radius 3 is 2.15 bits per heavy atom. The van der Waals surface area contributed by atoms with E-state index in [1.807, 2.05) is 62.4 Å². The van der Waals surface area contributed by atoms with E-state index in [4.69, 9.17) is 32.0 Å². The fourth-order valence-electron chi connectivity index (χ4n) is 7.26. The van der Waals surface area contributed by atoms with Crippen LogP contribution in [0.1, 0.15) is 75.8 Å². The first-order valence-electron chi connectivity index (χ1n) is 21.1. The van der Waals surface area contributed by atoms with Gasteiger partial charge in [0, 0.05) is 54.9 Å². The number of nitrogens with one attached hydrogen (secondary N) is 3. The highest BCUT2D eigenvalue weighted by atomic mass is 35.5. The predicted molar refractivity (Wildman–Crippen MR) is 240 cm³/mol. The lowest BCUT2D eigenvalue weighted by Crippen LogP contribution is -2.54. The van der Waals surface area contributed by atoms with Crippen molar-refractivity contribution in [1.82, 2.24) is 15.5 Å². The van der Waals surface area contributed by atoms with Gasteiger partial charge in [0.2, 0.25) is 17.7 Å². The zero-order valence-electron chi connectivity index (χ0n) is 36.3. The number of carbonyl (C=O) groups is 7. The largest absolute Gasteiger partial charge is 0.497 e. The molecule has 0 saturated carbocycles. The number of amides is 6. The van der Waals surface area contributed by atoms with E-state index < -0.39 is 36.0 Å². The number of halogens is 4. The second-order valence-corrected chi connectivity index (χ2v) is 16.0. The molecule has 0 saturated heterocycles. The van der Waals surface area contributed by atoms with Gasteiger partial charge in [-0.15, -0.1) is 11.6 Å². The molecule has 0 aliphatic carbocycles. The molecular weight excluding hydrogens is 873 g/mol. The van der Waals surface area contributed by atoms with Crippen molar-refractivity contribution in [2.45, 2.75) is 83.0 Å². The molecule has 19 heteroatoms. The highest BCUT2D eigenvalue weighted by Gasteiger charge is 2.38. The van der Waals surface area contributed by atoms with Crippen LogP contribution in [0.5, 0.6) is 5.75 Å². The van der Waals surface area contributed by atoms with E-state index >= 15 is 0 Å². The number of rotatable bonds is 20. The average Bonchev–Trinajstić information content (AvgIpc) is 3.81. The number of unbranched alkanes of at least 4 members (excludes halogenated alkanes) is 3. The number of hydrogen-bond donors (Lipinski definition) is 5. The second kappa shape index (κ2) is 24.1. The minimum atomic E-state index is -5.08. The van der Waals surface area contributed by atoms with Gasteiger partial charge in [-0.05, 0) is 85.4 Å². The number of imide groups is 1. The number of carbonyl (C=O) groups excluding carboxylic acids is 6. The number of carboxylic acids is 1. The Hall–Kier alpha value is -6.27. The highest BCUT2D eigenvalue weighted by Crippen LogP contribution is 2.45. The number of nitrogens with zero attached hydrogens (tertiary/aromatic N) is 2. The number of ether oxygens (including phenoxy) is 1. The summed E-state index contributed by atoms with van der Waals surface area (Å²) in [5.74, 6) is -4.33. The van der Waals surface area contributed by atoms with E-state index in [0.29, 0.717) is 74.6 Å². The van der Waals surface area contributed by atoms with Crippen LogP contribution in [0.4, 0.5) is 24.5 Å². The number of nitrogens with two attached hydrogens (primary N) is 1. The number of alkyl halides is 4. The Bertz CT molecular complexity index is 2250. The summed E-state index contributed by atoms with van der Waals surface area (Å²) >= 11 is 6.49. The molecule has 0 fully saturated rings. The van der Waals surface area contributed by atoms with E-state index in [2.05, 4.69) is 16.0 Å². The van der Waals surface area contributed by atoms with Gasteiger partial charge in [-0.25, -0.2) is 4.79 Å². The first kappa shape index (κ1) is 51.4. The molecule has 3 atom stereocenters. The molecule has 0 bridgehead atoms. The quantitative estimate of drug-likeness (QED) is 0.0383. The molecule has 0 radical (unpaired) electrons. The van der Waals surface area contributed by atoms with Crippen molar-refractivity contribution in [3.63, 3.8) is 0 Å². The maximum absolute atomic E-state index is 14.2. The van der Waals surface area contributed by atoms with Gasteiger partial charge >= 0.3 is 12.1 Å². The first-order chi connectivity index (χ1) is 30.9. The number of fused-ring (bicyclic) bond motifs is 3. The maximum atomic E-state index is 14.2. The van der Waals surface area contributed by atoms with E-state index in [-0.39, 0.29) is 48.4 Å². The van der Waals surface area contributed by atoms with Crippen molar-refractivity contribution in [2.75, 3.05) is 42.8 Å². The topological polar surface area (TPSA) is 218 Å². The molecule has 2 aliphatic rings. The fraction of sp³-hybridized carbons (Fsp3) is 0.413. The van der Waals surface area contributed by atoms with Crippen molar-refractivity contribution in [3.05, 3.63) is 84.0 Å². The number of benzene rings is 3. The van der Waals surface area contributed by atoms with Crippen molar-refractivity contribution in [1.29, 1.82) is 0 Å². The Morgan fingerprint density at radius 2 is 1.57 bits per heavy atom. The summed E-state index contributed by atoms with van der Waals surface area (Å²) in [5.41, 5.74) is 8.66. The average molecular weight is 927 g/mol. The van der Waals surface area contributed by atoms with Crippen LogP contribution in [0.25, 0.3) is 16.8 Å². The minimum Gasteiger partial charge on any atom is -0.497 e. The first-order valence-corrected chi connectivity index (χ1v) is 21.6. The molecule has 5 rings (SSSR count). The molecule has 0 aromatic heterocycles. The molecule has 2 aliphatic heterocycles. The van der Waals surface area contributed by atoms with Gasteiger partial charge in [0.25, 0.3) is 17.7 Å². The van der Waals surface area contributed by atoms with Gasteiger partial charge in [-0.1, -0.05) is 56.7 Å². The monoisotopic (exact) mass is 926 g/mol. The van der Waals surface area contributed by atoms with Gasteiger partial charge < -0.3 is 36.4 Å². The van der Waals surface area contributed by atoms with Crippen LogP contribution in [-0.4, -0.2) is 102 Å². The van der Waals surface area contributed by atoms with Crippen molar-refractivity contribution in [3.8, 4) is 5.75 Å². The Balaban J connectivity index is 0.00000122. The van der Waals surface area contributed by atoms with E-state index in [1.165, 1.54) is 23.1 Å². The van der Waals surface area contributed by atoms with Crippen molar-refractivity contribution < 1.29 is 56.6 Å². The van der Waals surface area contributed by atoms with Crippen molar-refractivity contribution in [2.24, 2.45) is 11.7 Å². The van der Waals surface area contributed by atoms with E-state index in [0.717, 1.165) is 21.9 Å². The van der Waals surface area contributed by atoms with Crippen LogP contribution < -0.4 is 31.3 Å². The summed E-state index contributed by atoms with van der Waals surface area (Å²) in [4.78, 5) is 89.9. The lowest BCUT2D eigenvalue weighted by Gasteiger charge is -2.26. The predicted octanol–water partition coefficient (Wildman–Crippen LogP) is 6.04. The summed E-state index contributed by atoms with van der Waals surface area (Å²) in [5, 5.41) is 17.5. The molecule has 15 nitrogen and oxygen atoms in total. The Labute approximate surface area is 379 Å². The molecule has 6 amide bonds. The second-order valence-electron chi connectivity index (χ2n) is 15.7. The van der Waals surface area contributed by atoms with E-state index in [1.54, 1.807) is 24.2 Å². The van der Waals surface area contributed by atoms with Crippen LogP contribution in [0, 0.1) is 5.92 Å². The zero-order valence-corrected chi connectivity index (χ0v) is 37.0. The summed E-state index contributed by atoms with van der Waals surface area (Å²) in [6.07, 6.45) is 4.02. The molecule has 2 heterocycles. The standard InChI is InChI=1S/C44H53ClN6O7.C2HF3O2/c1-28(2)42(49-37(52)14-5-4-10-24-50-38(53)21-22-39(50)54)44(57)47-34(13-8-9-23-46)43(56)48-35-25-36-41(33-12-7-6-11-32(33)35)30(26-45)27-51(36)40(55)20-17-29-15-18-31(58-3)19-16-29;3-2(4,5)1(6)7/h6-7,11-12,15-22,25,28,30,34,42H,4-5,8-10,13-14,23-24,26-27,46H2,1-3H3,(H,47,57)(H,48,56)(H,49,52);(H,6,7)/b20-17+;/t30?,34-,42-;/m0./s1. The molecule has 3 aromatic carbocycles. The number of hydrogen-bond acceptors (Lipinski definition) is 9. The van der Waals surface area contributed by atoms with Crippen LogP contribution in [0.2, 0.25) is 0 Å². The third-order valence-electron chi connectivity index (χ3n) is 10.7. The summed E-state index contributed by atoms with van der Waals surface area (Å²) < 4.78 is 37.0.